The van der Waals surface area contributed by atoms with Gasteiger partial charge in [-0.25, -0.2) is 0 Å². The molecule has 1 atom stereocenters. The summed E-state index contributed by atoms with van der Waals surface area (Å²) in [7, 11) is 1.59. The first-order chi connectivity index (χ1) is 15.1. The number of para-hydroxylation sites is 1. The van der Waals surface area contributed by atoms with Gasteiger partial charge in [0, 0.05) is 36.8 Å². The number of phenols is 1. The normalized spacial score (nSPS) is 21.0. The summed E-state index contributed by atoms with van der Waals surface area (Å²) in [5.41, 5.74) is 2.71. The highest BCUT2D eigenvalue weighted by atomic mass is 16.5. The van der Waals surface area contributed by atoms with Crippen LogP contribution in [0.4, 0.5) is 0 Å². The first-order valence-corrected chi connectivity index (χ1v) is 11.3. The number of ether oxygens (including phenoxy) is 2. The van der Waals surface area contributed by atoms with E-state index in [-0.39, 0.29) is 17.5 Å². The van der Waals surface area contributed by atoms with Gasteiger partial charge in [-0.2, -0.15) is 0 Å². The number of hydrogen-bond acceptors (Lipinski definition) is 6. The number of nitrogens with one attached hydrogen (secondary N) is 1. The fourth-order valence-corrected chi connectivity index (χ4v) is 4.67. The Morgan fingerprint density at radius 3 is 2.52 bits per heavy atom. The fourth-order valence-electron chi connectivity index (χ4n) is 4.67. The highest BCUT2D eigenvalue weighted by molar-refractivity contribution is 6.02. The van der Waals surface area contributed by atoms with Gasteiger partial charge in [-0.3, -0.25) is 10.3 Å². The second kappa shape index (κ2) is 9.28. The van der Waals surface area contributed by atoms with Crippen molar-refractivity contribution in [3.63, 3.8) is 0 Å². The lowest BCUT2D eigenvalue weighted by atomic mass is 9.87. The summed E-state index contributed by atoms with van der Waals surface area (Å²) in [5.74, 6) is 1.57. The molecule has 166 valence electrons. The zero-order valence-corrected chi connectivity index (χ0v) is 18.7. The van der Waals surface area contributed by atoms with Crippen molar-refractivity contribution >= 4 is 5.71 Å². The molecule has 2 aromatic rings. The number of rotatable bonds is 6. The zero-order chi connectivity index (χ0) is 21.8. The third-order valence-corrected chi connectivity index (χ3v) is 6.44. The van der Waals surface area contributed by atoms with Gasteiger partial charge in [0.2, 0.25) is 0 Å². The molecule has 2 aliphatic heterocycles. The summed E-state index contributed by atoms with van der Waals surface area (Å²) >= 11 is 0. The molecular weight excluding hydrogens is 390 g/mol. The molecule has 2 aliphatic rings. The molecule has 6 nitrogen and oxygen atoms in total. The zero-order valence-electron chi connectivity index (χ0n) is 18.7. The molecule has 1 spiro atoms. The van der Waals surface area contributed by atoms with E-state index in [1.807, 2.05) is 31.2 Å². The Labute approximate surface area is 184 Å². The van der Waals surface area contributed by atoms with E-state index in [1.54, 1.807) is 13.2 Å². The van der Waals surface area contributed by atoms with Gasteiger partial charge in [0.25, 0.3) is 0 Å². The first-order valence-electron chi connectivity index (χ1n) is 11.3. The molecule has 2 aromatic carbocycles. The predicted octanol–water partition coefficient (Wildman–Crippen LogP) is 4.14. The molecule has 0 bridgehead atoms. The second-order valence-corrected chi connectivity index (χ2v) is 8.28. The average Bonchev–Trinajstić information content (AvgIpc) is 2.80. The molecule has 4 rings (SSSR count). The summed E-state index contributed by atoms with van der Waals surface area (Å²) < 4.78 is 11.0. The van der Waals surface area contributed by atoms with Crippen LogP contribution in [-0.2, 0) is 0 Å². The number of hydrogen-bond donors (Lipinski definition) is 2. The minimum absolute atomic E-state index is 0.0395. The molecule has 0 amide bonds. The van der Waals surface area contributed by atoms with Crippen molar-refractivity contribution in [1.82, 2.24) is 10.2 Å². The molecule has 0 radical (unpaired) electrons. The topological polar surface area (TPSA) is 66.3 Å². The Balaban J connectivity index is 1.69. The van der Waals surface area contributed by atoms with Crippen LogP contribution < -0.4 is 14.8 Å². The highest BCUT2D eigenvalue weighted by Gasteiger charge is 2.40. The standard InChI is InChI=1S/C25H33N3O3/c1-4-28-15-13-25(14-16-28)26-21(18-9-11-19(12-10-18)31-5-2)17-22(27-25)20-7-6-8-23(30-3)24(20)29/h6-12,22,27,29H,4-5,13-17H2,1-3H3/t22-/m0/s1. The summed E-state index contributed by atoms with van der Waals surface area (Å²) in [5, 5.41) is 14.6. The van der Waals surface area contributed by atoms with E-state index in [1.165, 1.54) is 0 Å². The Bertz CT molecular complexity index is 918. The molecule has 1 saturated heterocycles. The van der Waals surface area contributed by atoms with Crippen LogP contribution in [0.15, 0.2) is 47.5 Å². The Morgan fingerprint density at radius 1 is 1.13 bits per heavy atom. The molecule has 0 aromatic heterocycles. The molecule has 6 heteroatoms. The van der Waals surface area contributed by atoms with Crippen molar-refractivity contribution in [2.45, 2.75) is 44.8 Å². The number of piperidine rings is 1. The number of methoxy groups -OCH3 is 1. The van der Waals surface area contributed by atoms with Gasteiger partial charge in [0.15, 0.2) is 11.5 Å². The maximum atomic E-state index is 10.8. The van der Waals surface area contributed by atoms with E-state index < -0.39 is 0 Å². The van der Waals surface area contributed by atoms with Crippen LogP contribution in [0.25, 0.3) is 0 Å². The second-order valence-electron chi connectivity index (χ2n) is 8.28. The minimum atomic E-state index is -0.321. The Kier molecular flexibility index (Phi) is 6.49. The van der Waals surface area contributed by atoms with Gasteiger partial charge in [0.05, 0.1) is 13.7 Å². The van der Waals surface area contributed by atoms with E-state index in [2.05, 4.69) is 29.3 Å². The van der Waals surface area contributed by atoms with Crippen molar-refractivity contribution in [2.75, 3.05) is 33.4 Å². The van der Waals surface area contributed by atoms with Crippen LogP contribution in [-0.4, -0.2) is 54.7 Å². The van der Waals surface area contributed by atoms with E-state index in [4.69, 9.17) is 14.5 Å². The quantitative estimate of drug-likeness (QED) is 0.731. The Hall–Kier alpha value is -2.57. The summed E-state index contributed by atoms with van der Waals surface area (Å²) in [6.45, 7) is 7.94. The summed E-state index contributed by atoms with van der Waals surface area (Å²) in [6.07, 6.45) is 2.60. The minimum Gasteiger partial charge on any atom is -0.504 e. The largest absolute Gasteiger partial charge is 0.504 e. The molecule has 0 aliphatic carbocycles. The lowest BCUT2D eigenvalue weighted by Crippen LogP contribution is -2.56. The lowest BCUT2D eigenvalue weighted by Gasteiger charge is -2.45. The first kappa shape index (κ1) is 21.7. The molecule has 0 saturated carbocycles. The van der Waals surface area contributed by atoms with Crippen LogP contribution in [0.5, 0.6) is 17.2 Å². The predicted molar refractivity (Wildman–Crippen MR) is 123 cm³/mol. The number of phenolic OH excluding ortho intramolecular Hbond substituents is 1. The van der Waals surface area contributed by atoms with E-state index >= 15 is 0 Å². The fraction of sp³-hybridized carbons (Fsp3) is 0.480. The highest BCUT2D eigenvalue weighted by Crippen LogP contribution is 2.40. The van der Waals surface area contributed by atoms with Gasteiger partial charge < -0.3 is 19.5 Å². The summed E-state index contributed by atoms with van der Waals surface area (Å²) in [4.78, 5) is 7.72. The van der Waals surface area contributed by atoms with Gasteiger partial charge in [-0.05, 0) is 62.2 Å². The van der Waals surface area contributed by atoms with E-state index in [0.29, 0.717) is 18.8 Å². The van der Waals surface area contributed by atoms with Crippen LogP contribution in [0.3, 0.4) is 0 Å². The van der Waals surface area contributed by atoms with Crippen LogP contribution in [0.2, 0.25) is 0 Å². The maximum Gasteiger partial charge on any atom is 0.162 e. The van der Waals surface area contributed by atoms with Crippen molar-refractivity contribution in [2.24, 2.45) is 4.99 Å². The van der Waals surface area contributed by atoms with E-state index in [9.17, 15) is 5.11 Å². The molecule has 1 fully saturated rings. The molecule has 2 N–H and O–H groups in total. The van der Waals surface area contributed by atoms with Crippen molar-refractivity contribution in [1.29, 1.82) is 0 Å². The lowest BCUT2D eigenvalue weighted by molar-refractivity contribution is 0.129. The number of likely N-dealkylation sites (tertiary alicyclic amines) is 1. The van der Waals surface area contributed by atoms with Crippen LogP contribution >= 0.6 is 0 Å². The number of benzene rings is 2. The molecule has 0 unspecified atom stereocenters. The van der Waals surface area contributed by atoms with Crippen LogP contribution in [0, 0.1) is 0 Å². The van der Waals surface area contributed by atoms with Gasteiger partial charge >= 0.3 is 0 Å². The third-order valence-electron chi connectivity index (χ3n) is 6.44. The number of aromatic hydroxyl groups is 1. The molecule has 2 heterocycles. The van der Waals surface area contributed by atoms with Crippen molar-refractivity contribution in [3.8, 4) is 17.2 Å². The smallest absolute Gasteiger partial charge is 0.162 e. The third kappa shape index (κ3) is 4.55. The SMILES string of the molecule is CCOc1ccc(C2=NC3(CCN(CC)CC3)N[C@H](c3cccc(OC)c3O)C2)cc1. The molecule has 31 heavy (non-hydrogen) atoms. The van der Waals surface area contributed by atoms with Crippen molar-refractivity contribution in [3.05, 3.63) is 53.6 Å². The van der Waals surface area contributed by atoms with E-state index in [0.717, 1.165) is 55.1 Å². The maximum absolute atomic E-state index is 10.8. The Morgan fingerprint density at radius 2 is 1.87 bits per heavy atom. The number of aliphatic imine (C=N–C) groups is 1. The summed E-state index contributed by atoms with van der Waals surface area (Å²) in [6, 6.07) is 13.9. The number of nitrogens with zero attached hydrogens (tertiary/aromatic N) is 2. The van der Waals surface area contributed by atoms with Gasteiger partial charge in [0.1, 0.15) is 11.4 Å². The van der Waals surface area contributed by atoms with Crippen molar-refractivity contribution < 1.29 is 14.6 Å². The van der Waals surface area contributed by atoms with Gasteiger partial charge in [-0.15, -0.1) is 0 Å². The molecular formula is C25H33N3O3. The average molecular weight is 424 g/mol. The van der Waals surface area contributed by atoms with Crippen LogP contribution in [0.1, 0.15) is 50.3 Å². The monoisotopic (exact) mass is 423 g/mol. The van der Waals surface area contributed by atoms with Gasteiger partial charge in [-0.1, -0.05) is 19.1 Å².